The van der Waals surface area contributed by atoms with Crippen molar-refractivity contribution in [1.29, 1.82) is 0 Å². The molecule has 0 spiro atoms. The van der Waals surface area contributed by atoms with Crippen molar-refractivity contribution >= 4 is 0 Å². The second-order valence-electron chi connectivity index (χ2n) is 4.94. The van der Waals surface area contributed by atoms with E-state index < -0.39 is 0 Å². The zero-order valence-electron chi connectivity index (χ0n) is 10.4. The van der Waals surface area contributed by atoms with Crippen LogP contribution in [0.25, 0.3) is 0 Å². The van der Waals surface area contributed by atoms with Crippen LogP contribution in [0.5, 0.6) is 0 Å². The summed E-state index contributed by atoms with van der Waals surface area (Å²) in [6, 6.07) is 0.836. The molecule has 0 aromatic carbocycles. The van der Waals surface area contributed by atoms with E-state index in [4.69, 9.17) is 5.73 Å². The van der Waals surface area contributed by atoms with Crippen molar-refractivity contribution in [2.24, 2.45) is 5.73 Å². The van der Waals surface area contributed by atoms with Crippen molar-refractivity contribution in [2.75, 3.05) is 19.6 Å². The fourth-order valence-corrected chi connectivity index (χ4v) is 2.48. The molecule has 15 heavy (non-hydrogen) atoms. The maximum Gasteiger partial charge on any atom is 0.00669 e. The molecule has 1 atom stereocenters. The van der Waals surface area contributed by atoms with Crippen LogP contribution in [0.15, 0.2) is 0 Å². The van der Waals surface area contributed by atoms with Crippen molar-refractivity contribution < 1.29 is 0 Å². The van der Waals surface area contributed by atoms with E-state index in [0.717, 1.165) is 12.6 Å². The molecule has 1 aliphatic rings. The molecule has 1 rings (SSSR count). The summed E-state index contributed by atoms with van der Waals surface area (Å²) in [5, 5.41) is 0. The Balaban J connectivity index is 1.94. The lowest BCUT2D eigenvalue weighted by atomic mass is 10.0. The number of nitrogens with zero attached hydrogens (tertiary/aromatic N) is 1. The van der Waals surface area contributed by atoms with E-state index in [0.29, 0.717) is 0 Å². The van der Waals surface area contributed by atoms with E-state index in [1.807, 2.05) is 0 Å². The zero-order chi connectivity index (χ0) is 10.9. The van der Waals surface area contributed by atoms with Gasteiger partial charge >= 0.3 is 0 Å². The van der Waals surface area contributed by atoms with Gasteiger partial charge in [-0.2, -0.15) is 0 Å². The van der Waals surface area contributed by atoms with Crippen LogP contribution >= 0.6 is 0 Å². The van der Waals surface area contributed by atoms with Gasteiger partial charge in [0.05, 0.1) is 0 Å². The predicted molar refractivity (Wildman–Crippen MR) is 67.0 cm³/mol. The van der Waals surface area contributed by atoms with Crippen molar-refractivity contribution in [3.8, 4) is 0 Å². The number of hydrogen-bond donors (Lipinski definition) is 1. The number of unbranched alkanes of at least 4 members (excludes halogenated alkanes) is 4. The molecule has 0 aliphatic carbocycles. The highest BCUT2D eigenvalue weighted by molar-refractivity contribution is 4.72. The first-order chi connectivity index (χ1) is 7.34. The van der Waals surface area contributed by atoms with Crippen LogP contribution < -0.4 is 5.73 Å². The van der Waals surface area contributed by atoms with E-state index >= 15 is 0 Å². The molecule has 2 nitrogen and oxygen atoms in total. The van der Waals surface area contributed by atoms with Gasteiger partial charge in [-0.3, -0.25) is 0 Å². The Bertz CT molecular complexity index is 147. The molecule has 1 unspecified atom stereocenters. The fourth-order valence-electron chi connectivity index (χ4n) is 2.48. The Labute approximate surface area is 95.2 Å². The second-order valence-corrected chi connectivity index (χ2v) is 4.94. The highest BCUT2D eigenvalue weighted by Gasteiger charge is 2.16. The first-order valence-corrected chi connectivity index (χ1v) is 6.78. The molecule has 0 aromatic rings. The zero-order valence-corrected chi connectivity index (χ0v) is 10.4. The third-order valence-electron chi connectivity index (χ3n) is 3.59. The van der Waals surface area contributed by atoms with Gasteiger partial charge in [-0.05, 0) is 52.2 Å². The molecular weight excluding hydrogens is 184 g/mol. The van der Waals surface area contributed by atoms with Gasteiger partial charge in [0.2, 0.25) is 0 Å². The van der Waals surface area contributed by atoms with Gasteiger partial charge in [0.15, 0.2) is 0 Å². The molecule has 0 aromatic heterocycles. The maximum absolute atomic E-state index is 5.47. The van der Waals surface area contributed by atoms with Crippen LogP contribution in [0.2, 0.25) is 0 Å². The molecule has 1 saturated heterocycles. The van der Waals surface area contributed by atoms with E-state index in [9.17, 15) is 0 Å². The molecule has 0 bridgehead atoms. The lowest BCUT2D eigenvalue weighted by Gasteiger charge is -2.33. The summed E-state index contributed by atoms with van der Waals surface area (Å²) in [6.07, 6.45) is 10.9. The van der Waals surface area contributed by atoms with Gasteiger partial charge in [-0.1, -0.05) is 25.7 Å². The van der Waals surface area contributed by atoms with Gasteiger partial charge in [-0.25, -0.2) is 0 Å². The molecule has 0 saturated carbocycles. The summed E-state index contributed by atoms with van der Waals surface area (Å²) in [5.41, 5.74) is 5.47. The van der Waals surface area contributed by atoms with Gasteiger partial charge in [0.25, 0.3) is 0 Å². The lowest BCUT2D eigenvalue weighted by Crippen LogP contribution is -2.37. The minimum absolute atomic E-state index is 0.836. The first-order valence-electron chi connectivity index (χ1n) is 6.78. The number of nitrogens with two attached hydrogens (primary N) is 1. The molecule has 1 aliphatic heterocycles. The lowest BCUT2D eigenvalue weighted by molar-refractivity contribution is 0.157. The van der Waals surface area contributed by atoms with Gasteiger partial charge in [-0.15, -0.1) is 0 Å². The maximum atomic E-state index is 5.47. The topological polar surface area (TPSA) is 29.3 Å². The second kappa shape index (κ2) is 8.12. The first kappa shape index (κ1) is 13.0. The molecule has 2 N–H and O–H groups in total. The predicted octanol–water partition coefficient (Wildman–Crippen LogP) is 2.77. The molecular formula is C13H28N2. The number of hydrogen-bond acceptors (Lipinski definition) is 2. The third-order valence-corrected chi connectivity index (χ3v) is 3.59. The molecule has 0 radical (unpaired) electrons. The van der Waals surface area contributed by atoms with Crippen LogP contribution in [0.1, 0.15) is 58.3 Å². The van der Waals surface area contributed by atoms with E-state index in [2.05, 4.69) is 11.8 Å². The van der Waals surface area contributed by atoms with Crippen molar-refractivity contribution in [1.82, 2.24) is 4.90 Å². The van der Waals surface area contributed by atoms with Crippen LogP contribution in [-0.2, 0) is 0 Å². The summed E-state index contributed by atoms with van der Waals surface area (Å²) in [4.78, 5) is 2.67. The standard InChI is InChI=1S/C13H28N2/c1-13-9-5-8-12-15(13)11-7-4-2-3-6-10-14/h13H,2-12,14H2,1H3. The highest BCUT2D eigenvalue weighted by Crippen LogP contribution is 2.17. The summed E-state index contributed by atoms with van der Waals surface area (Å²) in [7, 11) is 0. The minimum Gasteiger partial charge on any atom is -0.330 e. The van der Waals surface area contributed by atoms with Crippen LogP contribution in [0.3, 0.4) is 0 Å². The molecule has 1 heterocycles. The minimum atomic E-state index is 0.836. The highest BCUT2D eigenvalue weighted by atomic mass is 15.1. The van der Waals surface area contributed by atoms with E-state index in [-0.39, 0.29) is 0 Å². The largest absolute Gasteiger partial charge is 0.330 e. The van der Waals surface area contributed by atoms with Gasteiger partial charge < -0.3 is 10.6 Å². The number of rotatable bonds is 7. The Morgan fingerprint density at radius 1 is 1.07 bits per heavy atom. The van der Waals surface area contributed by atoms with Gasteiger partial charge in [0.1, 0.15) is 0 Å². The van der Waals surface area contributed by atoms with Crippen molar-refractivity contribution in [2.45, 2.75) is 64.3 Å². The quantitative estimate of drug-likeness (QED) is 0.658. The monoisotopic (exact) mass is 212 g/mol. The van der Waals surface area contributed by atoms with Crippen molar-refractivity contribution in [3.63, 3.8) is 0 Å². The third kappa shape index (κ3) is 5.53. The van der Waals surface area contributed by atoms with E-state index in [1.54, 1.807) is 0 Å². The van der Waals surface area contributed by atoms with E-state index in [1.165, 1.54) is 64.5 Å². The smallest absolute Gasteiger partial charge is 0.00669 e. The Morgan fingerprint density at radius 3 is 2.53 bits per heavy atom. The number of likely N-dealkylation sites (tertiary alicyclic amines) is 1. The molecule has 1 fully saturated rings. The summed E-state index contributed by atoms with van der Waals surface area (Å²) in [5.74, 6) is 0. The molecule has 0 amide bonds. The SMILES string of the molecule is CC1CCCCN1CCCCCCCN. The average molecular weight is 212 g/mol. The summed E-state index contributed by atoms with van der Waals surface area (Å²) in [6.45, 7) is 5.91. The Hall–Kier alpha value is -0.0800. The summed E-state index contributed by atoms with van der Waals surface area (Å²) < 4.78 is 0. The van der Waals surface area contributed by atoms with Crippen LogP contribution in [0.4, 0.5) is 0 Å². The van der Waals surface area contributed by atoms with Gasteiger partial charge in [0, 0.05) is 6.04 Å². The van der Waals surface area contributed by atoms with Crippen molar-refractivity contribution in [3.05, 3.63) is 0 Å². The molecule has 90 valence electrons. The fraction of sp³-hybridized carbons (Fsp3) is 1.00. The van der Waals surface area contributed by atoms with Crippen LogP contribution in [0, 0.1) is 0 Å². The normalized spacial score (nSPS) is 23.2. The Kier molecular flexibility index (Phi) is 7.03. The number of piperidine rings is 1. The average Bonchev–Trinajstić information content (AvgIpc) is 2.25. The summed E-state index contributed by atoms with van der Waals surface area (Å²) >= 11 is 0. The Morgan fingerprint density at radius 2 is 1.80 bits per heavy atom. The van der Waals surface area contributed by atoms with Crippen LogP contribution in [-0.4, -0.2) is 30.6 Å². The molecule has 2 heteroatoms.